The molecule has 1 atom stereocenters. The van der Waals surface area contributed by atoms with E-state index in [1.165, 1.54) is 18.0 Å². The lowest BCUT2D eigenvalue weighted by Gasteiger charge is -2.13. The number of rotatable bonds is 6. The standard InChI is InChI=1S/C14H15N3O3S/c1-21-7-6-11(14(19)20)17-13(18)12-8-15-9-4-2-3-5-10(9)16-12/h2-5,8,11H,6-7H2,1H3,(H,17,18)(H,19,20)/t11-/m1/s1. The van der Waals surface area contributed by atoms with Gasteiger partial charge in [-0.15, -0.1) is 0 Å². The van der Waals surface area contributed by atoms with Crippen LogP contribution in [0, 0.1) is 0 Å². The van der Waals surface area contributed by atoms with Crippen LogP contribution in [0.2, 0.25) is 0 Å². The molecule has 0 saturated carbocycles. The number of carboxylic acids is 1. The molecule has 0 fully saturated rings. The molecule has 1 aromatic carbocycles. The fourth-order valence-corrected chi connectivity index (χ4v) is 2.26. The SMILES string of the molecule is CSCC[C@@H](NC(=O)c1cnc2ccccc2n1)C(=O)O. The van der Waals surface area contributed by atoms with Crippen LogP contribution in [-0.4, -0.2) is 45.0 Å². The van der Waals surface area contributed by atoms with Gasteiger partial charge >= 0.3 is 5.97 Å². The number of benzene rings is 1. The van der Waals surface area contributed by atoms with E-state index in [0.717, 1.165) is 0 Å². The topological polar surface area (TPSA) is 92.2 Å². The number of thioether (sulfide) groups is 1. The van der Waals surface area contributed by atoms with Crippen LogP contribution in [0.1, 0.15) is 16.9 Å². The maximum absolute atomic E-state index is 12.1. The quantitative estimate of drug-likeness (QED) is 0.841. The number of para-hydroxylation sites is 2. The summed E-state index contributed by atoms with van der Waals surface area (Å²) < 4.78 is 0. The summed E-state index contributed by atoms with van der Waals surface area (Å²) in [7, 11) is 0. The maximum atomic E-state index is 12.1. The number of hydrogen-bond donors (Lipinski definition) is 2. The van der Waals surface area contributed by atoms with Gasteiger partial charge in [-0.2, -0.15) is 11.8 Å². The van der Waals surface area contributed by atoms with Crippen LogP contribution in [0.4, 0.5) is 0 Å². The van der Waals surface area contributed by atoms with Crippen LogP contribution < -0.4 is 5.32 Å². The number of aliphatic carboxylic acids is 1. The highest BCUT2D eigenvalue weighted by Gasteiger charge is 2.21. The summed E-state index contributed by atoms with van der Waals surface area (Å²) in [6.07, 6.45) is 3.60. The predicted molar refractivity (Wildman–Crippen MR) is 81.4 cm³/mol. The maximum Gasteiger partial charge on any atom is 0.326 e. The average molecular weight is 305 g/mol. The highest BCUT2D eigenvalue weighted by molar-refractivity contribution is 7.98. The van der Waals surface area contributed by atoms with Gasteiger partial charge in [0.1, 0.15) is 11.7 Å². The number of fused-ring (bicyclic) bond motifs is 1. The summed E-state index contributed by atoms with van der Waals surface area (Å²) in [5, 5.41) is 11.6. The van der Waals surface area contributed by atoms with Crippen molar-refractivity contribution in [1.29, 1.82) is 0 Å². The first-order valence-electron chi connectivity index (χ1n) is 6.36. The molecule has 0 bridgehead atoms. The number of aromatic nitrogens is 2. The van der Waals surface area contributed by atoms with Crippen molar-refractivity contribution in [2.75, 3.05) is 12.0 Å². The lowest BCUT2D eigenvalue weighted by atomic mass is 10.2. The van der Waals surface area contributed by atoms with Crippen molar-refractivity contribution in [3.8, 4) is 0 Å². The van der Waals surface area contributed by atoms with E-state index in [4.69, 9.17) is 5.11 Å². The minimum atomic E-state index is -1.05. The molecule has 21 heavy (non-hydrogen) atoms. The van der Waals surface area contributed by atoms with E-state index in [1.807, 2.05) is 12.3 Å². The molecule has 7 heteroatoms. The third-order valence-electron chi connectivity index (χ3n) is 2.90. The molecule has 0 aliphatic carbocycles. The zero-order valence-corrected chi connectivity index (χ0v) is 12.3. The number of nitrogens with zero attached hydrogens (tertiary/aromatic N) is 2. The minimum absolute atomic E-state index is 0.115. The first-order valence-corrected chi connectivity index (χ1v) is 7.75. The van der Waals surface area contributed by atoms with Crippen LogP contribution in [0.3, 0.4) is 0 Å². The van der Waals surface area contributed by atoms with Crippen molar-refractivity contribution in [3.63, 3.8) is 0 Å². The monoisotopic (exact) mass is 305 g/mol. The van der Waals surface area contributed by atoms with E-state index in [-0.39, 0.29) is 5.69 Å². The van der Waals surface area contributed by atoms with E-state index in [2.05, 4.69) is 15.3 Å². The number of hydrogen-bond acceptors (Lipinski definition) is 5. The Kier molecular flexibility index (Phi) is 5.10. The molecular weight excluding hydrogens is 290 g/mol. The van der Waals surface area contributed by atoms with Crippen molar-refractivity contribution < 1.29 is 14.7 Å². The Morgan fingerprint density at radius 3 is 2.71 bits per heavy atom. The number of carbonyl (C=O) groups excluding carboxylic acids is 1. The van der Waals surface area contributed by atoms with Gasteiger partial charge in [-0.25, -0.2) is 9.78 Å². The molecule has 0 radical (unpaired) electrons. The molecule has 0 aliphatic rings. The zero-order valence-electron chi connectivity index (χ0n) is 11.4. The van der Waals surface area contributed by atoms with Gasteiger partial charge in [-0.05, 0) is 30.6 Å². The van der Waals surface area contributed by atoms with Gasteiger partial charge < -0.3 is 10.4 Å². The smallest absolute Gasteiger partial charge is 0.326 e. The Bertz CT molecular complexity index is 663. The van der Waals surface area contributed by atoms with Gasteiger partial charge in [-0.3, -0.25) is 9.78 Å². The fraction of sp³-hybridized carbons (Fsp3) is 0.286. The minimum Gasteiger partial charge on any atom is -0.480 e. The van der Waals surface area contributed by atoms with Crippen LogP contribution in [0.25, 0.3) is 11.0 Å². The highest BCUT2D eigenvalue weighted by Crippen LogP contribution is 2.09. The van der Waals surface area contributed by atoms with E-state index >= 15 is 0 Å². The summed E-state index contributed by atoms with van der Waals surface area (Å²) in [5.74, 6) is -0.923. The van der Waals surface area contributed by atoms with Crippen LogP contribution in [0.5, 0.6) is 0 Å². The molecule has 2 aromatic rings. The van der Waals surface area contributed by atoms with Gasteiger partial charge in [0.2, 0.25) is 0 Å². The predicted octanol–water partition coefficient (Wildman–Crippen LogP) is 1.57. The molecular formula is C14H15N3O3S. The molecule has 2 rings (SSSR count). The molecule has 6 nitrogen and oxygen atoms in total. The Morgan fingerprint density at radius 2 is 2.05 bits per heavy atom. The fourth-order valence-electron chi connectivity index (χ4n) is 1.79. The van der Waals surface area contributed by atoms with Gasteiger partial charge in [0, 0.05) is 0 Å². The largest absolute Gasteiger partial charge is 0.480 e. The highest BCUT2D eigenvalue weighted by atomic mass is 32.2. The molecule has 2 N–H and O–H groups in total. The van der Waals surface area contributed by atoms with Gasteiger partial charge in [0.15, 0.2) is 0 Å². The normalized spacial score (nSPS) is 12.0. The summed E-state index contributed by atoms with van der Waals surface area (Å²) >= 11 is 1.53. The third kappa shape index (κ3) is 3.91. The zero-order chi connectivity index (χ0) is 15.2. The van der Waals surface area contributed by atoms with Crippen molar-refractivity contribution in [2.45, 2.75) is 12.5 Å². The Hall–Kier alpha value is -2.15. The first-order chi connectivity index (χ1) is 10.1. The van der Waals surface area contributed by atoms with Crippen LogP contribution in [-0.2, 0) is 4.79 Å². The summed E-state index contributed by atoms with van der Waals surface area (Å²) in [6, 6.07) is 6.26. The molecule has 110 valence electrons. The summed E-state index contributed by atoms with van der Waals surface area (Å²) in [6.45, 7) is 0. The molecule has 1 heterocycles. The second kappa shape index (κ2) is 7.03. The van der Waals surface area contributed by atoms with E-state index < -0.39 is 17.9 Å². The third-order valence-corrected chi connectivity index (χ3v) is 3.54. The van der Waals surface area contributed by atoms with Gasteiger partial charge in [0.05, 0.1) is 17.2 Å². The molecule has 1 amide bonds. The van der Waals surface area contributed by atoms with E-state index in [0.29, 0.717) is 23.2 Å². The number of carboxylic acid groups (broad SMARTS) is 1. The Morgan fingerprint density at radius 1 is 1.33 bits per heavy atom. The number of amides is 1. The van der Waals surface area contributed by atoms with Crippen molar-refractivity contribution >= 4 is 34.7 Å². The van der Waals surface area contributed by atoms with Crippen molar-refractivity contribution in [1.82, 2.24) is 15.3 Å². The van der Waals surface area contributed by atoms with Crippen LogP contribution in [0.15, 0.2) is 30.5 Å². The molecule has 1 aromatic heterocycles. The second-order valence-corrected chi connectivity index (χ2v) is 5.38. The molecule has 0 saturated heterocycles. The van der Waals surface area contributed by atoms with Gasteiger partial charge in [-0.1, -0.05) is 12.1 Å². The van der Waals surface area contributed by atoms with Gasteiger partial charge in [0.25, 0.3) is 5.91 Å². The number of nitrogens with one attached hydrogen (secondary N) is 1. The lowest BCUT2D eigenvalue weighted by Crippen LogP contribution is -2.41. The summed E-state index contributed by atoms with van der Waals surface area (Å²) in [4.78, 5) is 31.5. The Balaban J connectivity index is 2.15. The molecule has 0 unspecified atom stereocenters. The molecule has 0 aliphatic heterocycles. The second-order valence-electron chi connectivity index (χ2n) is 4.39. The first kappa shape index (κ1) is 15.2. The van der Waals surface area contributed by atoms with Crippen LogP contribution >= 0.6 is 11.8 Å². The number of carbonyl (C=O) groups is 2. The average Bonchev–Trinajstić information content (AvgIpc) is 2.50. The summed E-state index contributed by atoms with van der Waals surface area (Å²) in [5.41, 5.74) is 1.40. The lowest BCUT2D eigenvalue weighted by molar-refractivity contribution is -0.139. The molecule has 0 spiro atoms. The van der Waals surface area contributed by atoms with Crippen molar-refractivity contribution in [3.05, 3.63) is 36.2 Å². The van der Waals surface area contributed by atoms with E-state index in [9.17, 15) is 9.59 Å². The van der Waals surface area contributed by atoms with Crippen molar-refractivity contribution in [2.24, 2.45) is 0 Å². The van der Waals surface area contributed by atoms with E-state index in [1.54, 1.807) is 18.2 Å². The Labute approximate surface area is 126 Å².